The SMILES string of the molecule is CCC(NC(=O)C1CCNCC1)c1cccc([N+](=O)[O-])c1.Cl. The number of amides is 1. The Bertz CT molecular complexity index is 519. The number of hydrogen-bond acceptors (Lipinski definition) is 4. The van der Waals surface area contributed by atoms with E-state index in [1.54, 1.807) is 6.07 Å². The van der Waals surface area contributed by atoms with Crippen LogP contribution < -0.4 is 10.6 Å². The molecule has 0 saturated carbocycles. The lowest BCUT2D eigenvalue weighted by molar-refractivity contribution is -0.384. The molecule has 1 aliphatic heterocycles. The van der Waals surface area contributed by atoms with Crippen molar-refractivity contribution in [2.45, 2.75) is 32.2 Å². The molecular formula is C15H22ClN3O3. The van der Waals surface area contributed by atoms with E-state index in [9.17, 15) is 14.9 Å². The van der Waals surface area contributed by atoms with Crippen LogP contribution in [0.5, 0.6) is 0 Å². The summed E-state index contributed by atoms with van der Waals surface area (Å²) in [4.78, 5) is 22.7. The zero-order chi connectivity index (χ0) is 15.2. The first-order chi connectivity index (χ1) is 10.1. The second-order valence-electron chi connectivity index (χ2n) is 5.35. The highest BCUT2D eigenvalue weighted by Gasteiger charge is 2.23. The van der Waals surface area contributed by atoms with Crippen molar-refractivity contribution in [3.8, 4) is 0 Å². The molecular weight excluding hydrogens is 306 g/mol. The van der Waals surface area contributed by atoms with Gasteiger partial charge in [0.05, 0.1) is 11.0 Å². The van der Waals surface area contributed by atoms with Gasteiger partial charge in [-0.25, -0.2) is 0 Å². The van der Waals surface area contributed by atoms with Crippen molar-refractivity contribution >= 4 is 24.0 Å². The van der Waals surface area contributed by atoms with Gasteiger partial charge in [-0.05, 0) is 37.9 Å². The topological polar surface area (TPSA) is 84.3 Å². The number of nitrogens with one attached hydrogen (secondary N) is 2. The Hall–Kier alpha value is -1.66. The fourth-order valence-electron chi connectivity index (χ4n) is 2.65. The molecule has 1 unspecified atom stereocenters. The summed E-state index contributed by atoms with van der Waals surface area (Å²) < 4.78 is 0. The molecule has 1 fully saturated rings. The summed E-state index contributed by atoms with van der Waals surface area (Å²) in [5.41, 5.74) is 0.844. The van der Waals surface area contributed by atoms with E-state index in [-0.39, 0.29) is 36.0 Å². The molecule has 2 N–H and O–H groups in total. The summed E-state index contributed by atoms with van der Waals surface area (Å²) in [6.07, 6.45) is 2.40. The van der Waals surface area contributed by atoms with Crippen LogP contribution in [0.3, 0.4) is 0 Å². The minimum absolute atomic E-state index is 0. The number of piperidine rings is 1. The number of nitro benzene ring substituents is 1. The van der Waals surface area contributed by atoms with Gasteiger partial charge in [0.2, 0.25) is 5.91 Å². The van der Waals surface area contributed by atoms with Crippen molar-refractivity contribution in [2.24, 2.45) is 5.92 Å². The highest BCUT2D eigenvalue weighted by Crippen LogP contribution is 2.23. The summed E-state index contributed by atoms with van der Waals surface area (Å²) in [6.45, 7) is 3.70. The number of rotatable bonds is 5. The maximum atomic E-state index is 12.3. The molecule has 0 aliphatic carbocycles. The summed E-state index contributed by atoms with van der Waals surface area (Å²) >= 11 is 0. The van der Waals surface area contributed by atoms with E-state index in [1.165, 1.54) is 12.1 Å². The lowest BCUT2D eigenvalue weighted by Gasteiger charge is -2.25. The summed E-state index contributed by atoms with van der Waals surface area (Å²) in [6, 6.07) is 6.31. The van der Waals surface area contributed by atoms with Crippen molar-refractivity contribution in [3.05, 3.63) is 39.9 Å². The van der Waals surface area contributed by atoms with Crippen LogP contribution in [0.25, 0.3) is 0 Å². The first-order valence-corrected chi connectivity index (χ1v) is 7.37. The molecule has 1 heterocycles. The van der Waals surface area contributed by atoms with Gasteiger partial charge in [0.25, 0.3) is 5.69 Å². The van der Waals surface area contributed by atoms with Gasteiger partial charge in [-0.2, -0.15) is 0 Å². The van der Waals surface area contributed by atoms with Crippen LogP contribution in [0.2, 0.25) is 0 Å². The predicted octanol–water partition coefficient (Wildman–Crippen LogP) is 2.58. The number of non-ortho nitro benzene ring substituents is 1. The molecule has 1 aromatic rings. The minimum atomic E-state index is -0.412. The number of carbonyl (C=O) groups is 1. The van der Waals surface area contributed by atoms with Crippen molar-refractivity contribution in [1.29, 1.82) is 0 Å². The molecule has 0 aromatic heterocycles. The van der Waals surface area contributed by atoms with Crippen molar-refractivity contribution in [1.82, 2.24) is 10.6 Å². The average Bonchev–Trinajstić information content (AvgIpc) is 2.53. The van der Waals surface area contributed by atoms with Crippen LogP contribution in [0.1, 0.15) is 37.8 Å². The van der Waals surface area contributed by atoms with Crippen LogP contribution in [0, 0.1) is 16.0 Å². The Balaban J connectivity index is 0.00000242. The minimum Gasteiger partial charge on any atom is -0.349 e. The third kappa shape index (κ3) is 4.68. The van der Waals surface area contributed by atoms with Gasteiger partial charge in [0, 0.05) is 18.1 Å². The quantitative estimate of drug-likeness (QED) is 0.643. The zero-order valence-electron chi connectivity index (χ0n) is 12.6. The summed E-state index contributed by atoms with van der Waals surface area (Å²) in [5.74, 6) is 0.0915. The first-order valence-electron chi connectivity index (χ1n) is 7.37. The van der Waals surface area contributed by atoms with Gasteiger partial charge in [0.15, 0.2) is 0 Å². The number of benzene rings is 1. The van der Waals surface area contributed by atoms with Crippen LogP contribution in [-0.2, 0) is 4.79 Å². The highest BCUT2D eigenvalue weighted by molar-refractivity contribution is 5.85. The van der Waals surface area contributed by atoms with Crippen molar-refractivity contribution in [3.63, 3.8) is 0 Å². The molecule has 0 spiro atoms. The molecule has 122 valence electrons. The van der Waals surface area contributed by atoms with E-state index < -0.39 is 4.92 Å². The molecule has 22 heavy (non-hydrogen) atoms. The van der Waals surface area contributed by atoms with Crippen LogP contribution in [-0.4, -0.2) is 23.9 Å². The predicted molar refractivity (Wildman–Crippen MR) is 87.1 cm³/mol. The Morgan fingerprint density at radius 2 is 2.14 bits per heavy atom. The third-order valence-electron chi connectivity index (χ3n) is 3.92. The smallest absolute Gasteiger partial charge is 0.269 e. The molecule has 1 aromatic carbocycles. The fourth-order valence-corrected chi connectivity index (χ4v) is 2.65. The Morgan fingerprint density at radius 3 is 2.73 bits per heavy atom. The monoisotopic (exact) mass is 327 g/mol. The zero-order valence-corrected chi connectivity index (χ0v) is 13.4. The third-order valence-corrected chi connectivity index (χ3v) is 3.92. The largest absolute Gasteiger partial charge is 0.349 e. The lowest BCUT2D eigenvalue weighted by atomic mass is 9.95. The molecule has 0 bridgehead atoms. The van der Waals surface area contributed by atoms with Crippen molar-refractivity contribution in [2.75, 3.05) is 13.1 Å². The number of nitro groups is 1. The Kier molecular flexibility index (Phi) is 7.27. The van der Waals surface area contributed by atoms with E-state index in [1.807, 2.05) is 13.0 Å². The molecule has 7 heteroatoms. The van der Waals surface area contributed by atoms with E-state index in [0.717, 1.165) is 31.5 Å². The second-order valence-corrected chi connectivity index (χ2v) is 5.35. The normalized spacial score (nSPS) is 16.4. The molecule has 0 radical (unpaired) electrons. The highest BCUT2D eigenvalue weighted by atomic mass is 35.5. The maximum absolute atomic E-state index is 12.3. The first kappa shape index (κ1) is 18.4. The molecule has 1 amide bonds. The number of hydrogen-bond donors (Lipinski definition) is 2. The van der Waals surface area contributed by atoms with E-state index in [0.29, 0.717) is 6.42 Å². The molecule has 6 nitrogen and oxygen atoms in total. The summed E-state index contributed by atoms with van der Waals surface area (Å²) in [5, 5.41) is 17.1. The average molecular weight is 328 g/mol. The lowest BCUT2D eigenvalue weighted by Crippen LogP contribution is -2.39. The molecule has 1 saturated heterocycles. The number of carbonyl (C=O) groups excluding carboxylic acids is 1. The maximum Gasteiger partial charge on any atom is 0.269 e. The van der Waals surface area contributed by atoms with Gasteiger partial charge in [-0.15, -0.1) is 12.4 Å². The van der Waals surface area contributed by atoms with Gasteiger partial charge in [-0.3, -0.25) is 14.9 Å². The summed E-state index contributed by atoms with van der Waals surface area (Å²) in [7, 11) is 0. The number of nitrogens with zero attached hydrogens (tertiary/aromatic N) is 1. The van der Waals surface area contributed by atoms with E-state index >= 15 is 0 Å². The molecule has 1 atom stereocenters. The van der Waals surface area contributed by atoms with E-state index in [2.05, 4.69) is 10.6 Å². The van der Waals surface area contributed by atoms with Crippen LogP contribution >= 0.6 is 12.4 Å². The molecule has 2 rings (SSSR count). The van der Waals surface area contributed by atoms with Crippen molar-refractivity contribution < 1.29 is 9.72 Å². The van der Waals surface area contributed by atoms with Gasteiger partial charge >= 0.3 is 0 Å². The van der Waals surface area contributed by atoms with Crippen LogP contribution in [0.15, 0.2) is 24.3 Å². The van der Waals surface area contributed by atoms with Gasteiger partial charge < -0.3 is 10.6 Å². The molecule has 1 aliphatic rings. The second kappa shape index (κ2) is 8.70. The Morgan fingerprint density at radius 1 is 1.45 bits per heavy atom. The Labute approximate surface area is 136 Å². The fraction of sp³-hybridized carbons (Fsp3) is 0.533. The van der Waals surface area contributed by atoms with E-state index in [4.69, 9.17) is 0 Å². The number of halogens is 1. The van der Waals surface area contributed by atoms with Crippen LogP contribution in [0.4, 0.5) is 5.69 Å². The standard InChI is InChI=1S/C15H21N3O3.ClH/c1-2-14(12-4-3-5-13(10-12)18(20)21)17-15(19)11-6-8-16-9-7-11;/h3-5,10-11,14,16H,2,6-9H2,1H3,(H,17,19);1H. The van der Waals surface area contributed by atoms with Gasteiger partial charge in [-0.1, -0.05) is 19.1 Å². The van der Waals surface area contributed by atoms with Gasteiger partial charge in [0.1, 0.15) is 0 Å².